The first-order valence-corrected chi connectivity index (χ1v) is 9.47. The smallest absolute Gasteiger partial charge is 0.335 e. The number of sulfone groups is 1. The second kappa shape index (κ2) is 7.45. The molecule has 0 fully saturated rings. The van der Waals surface area contributed by atoms with E-state index in [1.54, 1.807) is 13.0 Å². The third-order valence-corrected chi connectivity index (χ3v) is 6.06. The first-order valence-electron chi connectivity index (χ1n) is 7.38. The van der Waals surface area contributed by atoms with Crippen LogP contribution in [0.5, 0.6) is 0 Å². The lowest BCUT2D eigenvalue weighted by molar-refractivity contribution is -0.138. The summed E-state index contributed by atoms with van der Waals surface area (Å²) in [6.07, 6.45) is 3.36. The van der Waals surface area contributed by atoms with E-state index in [1.807, 2.05) is 0 Å². The van der Waals surface area contributed by atoms with Crippen molar-refractivity contribution in [1.29, 1.82) is 0 Å². The summed E-state index contributed by atoms with van der Waals surface area (Å²) in [6.45, 7) is 1.86. The van der Waals surface area contributed by atoms with Crippen LogP contribution in [0.15, 0.2) is 29.8 Å². The Morgan fingerprint density at radius 3 is 2.83 bits per heavy atom. The number of halogens is 2. The van der Waals surface area contributed by atoms with Crippen LogP contribution < -0.4 is 0 Å². The van der Waals surface area contributed by atoms with Crippen LogP contribution in [-0.2, 0) is 25.1 Å². The van der Waals surface area contributed by atoms with Gasteiger partial charge in [0.1, 0.15) is 5.82 Å². The Morgan fingerprint density at radius 1 is 1.43 bits per heavy atom. The number of hydrogen-bond acceptors (Lipinski definition) is 4. The Hall–Kier alpha value is -1.40. The van der Waals surface area contributed by atoms with E-state index >= 15 is 0 Å². The number of carbonyl (C=O) groups is 1. The van der Waals surface area contributed by atoms with Crippen LogP contribution >= 0.6 is 11.6 Å². The maximum absolute atomic E-state index is 13.2. The zero-order chi connectivity index (χ0) is 17.0. The van der Waals surface area contributed by atoms with Gasteiger partial charge in [0.2, 0.25) is 0 Å². The minimum absolute atomic E-state index is 0.123. The number of carbonyl (C=O) groups excluding carboxylic acids is 1. The molecule has 126 valence electrons. The van der Waals surface area contributed by atoms with Crippen LogP contribution in [-0.4, -0.2) is 26.2 Å². The summed E-state index contributed by atoms with van der Waals surface area (Å²) in [5.74, 6) is -1.48. The summed E-state index contributed by atoms with van der Waals surface area (Å²) in [7, 11) is -3.63. The summed E-state index contributed by atoms with van der Waals surface area (Å²) in [4.78, 5) is 12.0. The SMILES string of the molecule is CCOC(=O)C1=CCCCC1S(=O)(=O)Cc1ccc(F)c(Cl)c1. The van der Waals surface area contributed by atoms with Gasteiger partial charge in [0.15, 0.2) is 9.84 Å². The van der Waals surface area contributed by atoms with E-state index in [2.05, 4.69) is 0 Å². The minimum Gasteiger partial charge on any atom is -0.463 e. The quantitative estimate of drug-likeness (QED) is 0.755. The van der Waals surface area contributed by atoms with Crippen molar-refractivity contribution in [2.45, 2.75) is 37.2 Å². The van der Waals surface area contributed by atoms with Gasteiger partial charge in [-0.25, -0.2) is 17.6 Å². The molecule has 0 aromatic heterocycles. The normalized spacial score (nSPS) is 18.4. The van der Waals surface area contributed by atoms with Gasteiger partial charge in [-0.1, -0.05) is 23.7 Å². The molecule has 0 aliphatic heterocycles. The third-order valence-electron chi connectivity index (χ3n) is 3.68. The molecule has 1 unspecified atom stereocenters. The van der Waals surface area contributed by atoms with Crippen LogP contribution in [0.4, 0.5) is 4.39 Å². The fourth-order valence-corrected chi connectivity index (χ4v) is 4.77. The molecular weight excluding hydrogens is 343 g/mol. The van der Waals surface area contributed by atoms with Crippen molar-refractivity contribution < 1.29 is 22.3 Å². The molecule has 1 aliphatic rings. The predicted octanol–water partition coefficient (Wildman–Crippen LogP) is 3.44. The second-order valence-corrected chi connectivity index (χ2v) is 7.95. The molecule has 0 saturated heterocycles. The molecule has 23 heavy (non-hydrogen) atoms. The van der Waals surface area contributed by atoms with E-state index in [4.69, 9.17) is 16.3 Å². The molecule has 1 atom stereocenters. The number of rotatable bonds is 5. The van der Waals surface area contributed by atoms with Crippen LogP contribution in [0.25, 0.3) is 0 Å². The van der Waals surface area contributed by atoms with E-state index in [1.165, 1.54) is 12.1 Å². The highest BCUT2D eigenvalue weighted by atomic mass is 35.5. The Balaban J connectivity index is 2.26. The number of allylic oxidation sites excluding steroid dienone is 1. The summed E-state index contributed by atoms with van der Waals surface area (Å²) < 4.78 is 43.5. The van der Waals surface area contributed by atoms with Crippen LogP contribution in [0.2, 0.25) is 5.02 Å². The van der Waals surface area contributed by atoms with Crippen LogP contribution in [0.3, 0.4) is 0 Å². The van der Waals surface area contributed by atoms with Gasteiger partial charge in [-0.3, -0.25) is 0 Å². The van der Waals surface area contributed by atoms with Gasteiger partial charge in [0, 0.05) is 0 Å². The average molecular weight is 361 g/mol. The van der Waals surface area contributed by atoms with Gasteiger partial charge in [-0.05, 0) is 43.9 Å². The maximum atomic E-state index is 13.2. The topological polar surface area (TPSA) is 60.4 Å². The lowest BCUT2D eigenvalue weighted by Gasteiger charge is -2.23. The van der Waals surface area contributed by atoms with Crippen molar-refractivity contribution in [3.8, 4) is 0 Å². The van der Waals surface area contributed by atoms with Gasteiger partial charge in [0.25, 0.3) is 0 Å². The van der Waals surface area contributed by atoms with Crippen molar-refractivity contribution in [3.63, 3.8) is 0 Å². The fraction of sp³-hybridized carbons (Fsp3) is 0.438. The number of ether oxygens (including phenoxy) is 1. The molecule has 0 bridgehead atoms. The number of esters is 1. The van der Waals surface area contributed by atoms with Crippen molar-refractivity contribution >= 4 is 27.4 Å². The van der Waals surface area contributed by atoms with Crippen molar-refractivity contribution in [3.05, 3.63) is 46.3 Å². The Labute approximate surface area is 140 Å². The molecule has 1 aromatic carbocycles. The van der Waals surface area contributed by atoms with E-state index in [-0.39, 0.29) is 23.0 Å². The average Bonchev–Trinajstić information content (AvgIpc) is 2.51. The Bertz CT molecular complexity index is 728. The largest absolute Gasteiger partial charge is 0.463 e. The summed E-state index contributed by atoms with van der Waals surface area (Å²) in [6, 6.07) is 3.82. The molecular formula is C16H18ClFO4S. The molecule has 2 rings (SSSR count). The molecule has 0 saturated carbocycles. The third kappa shape index (κ3) is 4.32. The lowest BCUT2D eigenvalue weighted by atomic mass is 9.99. The summed E-state index contributed by atoms with van der Waals surface area (Å²) in [5.41, 5.74) is 0.594. The van der Waals surface area contributed by atoms with E-state index in [0.29, 0.717) is 24.8 Å². The van der Waals surface area contributed by atoms with Gasteiger partial charge in [-0.2, -0.15) is 0 Å². The minimum atomic E-state index is -3.63. The molecule has 4 nitrogen and oxygen atoms in total. The van der Waals surface area contributed by atoms with E-state index < -0.39 is 26.9 Å². The lowest BCUT2D eigenvalue weighted by Crippen LogP contribution is -2.31. The zero-order valence-electron chi connectivity index (χ0n) is 12.7. The van der Waals surface area contributed by atoms with Crippen molar-refractivity contribution in [1.82, 2.24) is 0 Å². The molecule has 0 spiro atoms. The van der Waals surface area contributed by atoms with Crippen molar-refractivity contribution in [2.24, 2.45) is 0 Å². The Morgan fingerprint density at radius 2 is 2.17 bits per heavy atom. The van der Waals surface area contributed by atoms with Gasteiger partial charge in [0.05, 0.1) is 28.2 Å². The van der Waals surface area contributed by atoms with Crippen molar-refractivity contribution in [2.75, 3.05) is 6.61 Å². The molecule has 0 radical (unpaired) electrons. The first-order chi connectivity index (χ1) is 10.8. The molecule has 1 aromatic rings. The molecule has 1 aliphatic carbocycles. The first kappa shape index (κ1) is 17.9. The van der Waals surface area contributed by atoms with Gasteiger partial charge < -0.3 is 4.74 Å². The van der Waals surface area contributed by atoms with E-state index in [0.717, 1.165) is 6.07 Å². The zero-order valence-corrected chi connectivity index (χ0v) is 14.3. The fourth-order valence-electron chi connectivity index (χ4n) is 2.61. The predicted molar refractivity (Wildman–Crippen MR) is 86.4 cm³/mol. The molecule has 0 amide bonds. The highest BCUT2D eigenvalue weighted by Gasteiger charge is 2.35. The van der Waals surface area contributed by atoms with Gasteiger partial charge >= 0.3 is 5.97 Å². The number of benzene rings is 1. The highest BCUT2D eigenvalue weighted by Crippen LogP contribution is 2.29. The van der Waals surface area contributed by atoms with E-state index in [9.17, 15) is 17.6 Å². The van der Waals surface area contributed by atoms with Crippen LogP contribution in [0, 0.1) is 5.82 Å². The monoisotopic (exact) mass is 360 g/mol. The highest BCUT2D eigenvalue weighted by molar-refractivity contribution is 7.91. The Kier molecular flexibility index (Phi) is 5.81. The second-order valence-electron chi connectivity index (χ2n) is 5.36. The standard InChI is InChI=1S/C16H18ClFO4S/c1-2-22-16(19)12-5-3-4-6-15(12)23(20,21)10-11-7-8-14(18)13(17)9-11/h5,7-9,15H,2-4,6,10H2,1H3. The molecule has 0 N–H and O–H groups in total. The van der Waals surface area contributed by atoms with Gasteiger partial charge in [-0.15, -0.1) is 0 Å². The number of hydrogen-bond donors (Lipinski definition) is 0. The van der Waals surface area contributed by atoms with Crippen LogP contribution in [0.1, 0.15) is 31.7 Å². The summed E-state index contributed by atoms with van der Waals surface area (Å²) >= 11 is 5.69. The summed E-state index contributed by atoms with van der Waals surface area (Å²) in [5, 5.41) is -1.01. The maximum Gasteiger partial charge on any atom is 0.335 e. The molecule has 0 heterocycles. The molecule has 7 heteroatoms.